The van der Waals surface area contributed by atoms with Crippen molar-refractivity contribution in [2.75, 3.05) is 0 Å². The molecule has 31 heavy (non-hydrogen) atoms. The monoisotopic (exact) mass is 438 g/mol. The number of nitrogens with zero attached hydrogens (tertiary/aromatic N) is 4. The minimum absolute atomic E-state index is 0.0658. The molecule has 1 saturated carbocycles. The van der Waals surface area contributed by atoms with Crippen LogP contribution in [0.4, 0.5) is 22.0 Å². The summed E-state index contributed by atoms with van der Waals surface area (Å²) in [6.45, 7) is 1.30. The average Bonchev–Trinajstić information content (AvgIpc) is 3.49. The molecule has 0 aliphatic heterocycles. The van der Waals surface area contributed by atoms with Crippen LogP contribution in [0.5, 0.6) is 0 Å². The van der Waals surface area contributed by atoms with Crippen molar-refractivity contribution in [3.8, 4) is 0 Å². The van der Waals surface area contributed by atoms with Gasteiger partial charge in [0.25, 0.3) is 12.0 Å². The van der Waals surface area contributed by atoms with E-state index in [1.54, 1.807) is 17.7 Å². The highest BCUT2D eigenvalue weighted by molar-refractivity contribution is 5.76. The Balaban J connectivity index is 1.85. The van der Waals surface area contributed by atoms with Crippen LogP contribution in [0.2, 0.25) is 0 Å². The number of fused-ring (bicyclic) bond motifs is 1. The summed E-state index contributed by atoms with van der Waals surface area (Å²) in [6, 6.07) is 5.13. The molecule has 1 aromatic carbocycles. The fourth-order valence-corrected chi connectivity index (χ4v) is 3.75. The molecular weight excluding hydrogens is 419 g/mol. The lowest BCUT2D eigenvalue weighted by molar-refractivity contribution is -0.138. The summed E-state index contributed by atoms with van der Waals surface area (Å²) in [6.07, 6.45) is -4.03. The number of alkyl halides is 5. The average molecular weight is 438 g/mol. The number of rotatable bonds is 4. The van der Waals surface area contributed by atoms with E-state index >= 15 is 0 Å². The summed E-state index contributed by atoms with van der Waals surface area (Å²) in [5, 5.41) is 0.376. The lowest BCUT2D eigenvalue weighted by Gasteiger charge is -2.18. The second-order valence-electron chi connectivity index (χ2n) is 7.77. The summed E-state index contributed by atoms with van der Waals surface area (Å²) in [5.41, 5.74) is -1.75. The number of hydrogen-bond donors (Lipinski definition) is 0. The van der Waals surface area contributed by atoms with E-state index in [-0.39, 0.29) is 30.4 Å². The molecule has 0 radical (unpaired) electrons. The lowest BCUT2D eigenvalue weighted by atomic mass is 10.0. The van der Waals surface area contributed by atoms with Crippen LogP contribution in [-0.4, -0.2) is 20.5 Å². The molecule has 2 aromatic heterocycles. The first kappa shape index (κ1) is 21.2. The molecule has 3 aromatic rings. The molecule has 0 atom stereocenters. The Morgan fingerprint density at radius 3 is 2.58 bits per heavy atom. The summed E-state index contributed by atoms with van der Waals surface area (Å²) < 4.78 is 69.3. The van der Waals surface area contributed by atoms with E-state index in [2.05, 4.69) is 9.98 Å². The molecule has 5 nitrogen and oxygen atoms in total. The molecule has 0 amide bonds. The van der Waals surface area contributed by atoms with Crippen molar-refractivity contribution in [2.45, 2.75) is 44.5 Å². The van der Waals surface area contributed by atoms with Crippen molar-refractivity contribution in [3.63, 3.8) is 0 Å². The summed E-state index contributed by atoms with van der Waals surface area (Å²) in [5.74, 6) is 0. The van der Waals surface area contributed by atoms with E-state index < -0.39 is 29.3 Å². The summed E-state index contributed by atoms with van der Waals surface area (Å²) >= 11 is 0. The molecule has 0 N–H and O–H groups in total. The highest BCUT2D eigenvalue weighted by Gasteiger charge is 2.53. The largest absolute Gasteiger partial charge is 0.416 e. The van der Waals surface area contributed by atoms with Gasteiger partial charge in [-0.1, -0.05) is 12.1 Å². The fourth-order valence-electron chi connectivity index (χ4n) is 3.75. The van der Waals surface area contributed by atoms with Crippen LogP contribution in [0.15, 0.2) is 46.6 Å². The van der Waals surface area contributed by atoms with Crippen LogP contribution in [0.25, 0.3) is 10.9 Å². The molecular formula is C21H19F5N4O. The summed E-state index contributed by atoms with van der Waals surface area (Å²) in [7, 11) is 1.65. The van der Waals surface area contributed by atoms with Crippen LogP contribution < -0.4 is 11.0 Å². The molecule has 10 heteroatoms. The first-order valence-electron chi connectivity index (χ1n) is 9.57. The zero-order chi connectivity index (χ0) is 22.6. The Morgan fingerprint density at radius 2 is 1.97 bits per heavy atom. The van der Waals surface area contributed by atoms with Crippen LogP contribution in [0, 0.1) is 6.92 Å². The predicted octanol–water partition coefficient (Wildman–Crippen LogP) is 3.92. The fraction of sp³-hybridized carbons (Fsp3) is 0.381. The van der Waals surface area contributed by atoms with E-state index in [9.17, 15) is 26.7 Å². The zero-order valence-electron chi connectivity index (χ0n) is 16.7. The molecule has 0 spiro atoms. The third-order valence-corrected chi connectivity index (χ3v) is 5.80. The first-order valence-corrected chi connectivity index (χ1v) is 9.57. The van der Waals surface area contributed by atoms with E-state index in [1.807, 2.05) is 0 Å². The van der Waals surface area contributed by atoms with Gasteiger partial charge in [-0.2, -0.15) is 13.2 Å². The highest BCUT2D eigenvalue weighted by Crippen LogP contribution is 2.47. The Morgan fingerprint density at radius 1 is 1.26 bits per heavy atom. The number of aromatic nitrogens is 3. The standard InChI is InChI=1S/C21H19F5N4O/c1-12-13(4-3-5-15(12)21(24,25)26)9-27-18-14-10-30(20(6-7-20)19(22)23)17(31)8-16(14)29(2)11-28-18/h3-5,8,10-11,19H,6-7,9H2,1-2H3. The minimum Gasteiger partial charge on any atom is -0.335 e. The van der Waals surface area contributed by atoms with Crippen LogP contribution in [0.1, 0.15) is 29.5 Å². The minimum atomic E-state index is -4.48. The molecule has 0 unspecified atom stereocenters. The topological polar surface area (TPSA) is 52.2 Å². The lowest BCUT2D eigenvalue weighted by Crippen LogP contribution is -2.35. The van der Waals surface area contributed by atoms with Gasteiger partial charge in [0, 0.05) is 19.3 Å². The third kappa shape index (κ3) is 3.64. The maximum absolute atomic E-state index is 13.6. The molecule has 0 bridgehead atoms. The van der Waals surface area contributed by atoms with Crippen molar-refractivity contribution in [1.82, 2.24) is 14.1 Å². The number of halogens is 5. The Hall–Kier alpha value is -3.04. The third-order valence-electron chi connectivity index (χ3n) is 5.80. The molecule has 1 aliphatic carbocycles. The molecule has 1 aliphatic rings. The van der Waals surface area contributed by atoms with Crippen molar-refractivity contribution >= 4 is 10.9 Å². The van der Waals surface area contributed by atoms with Gasteiger partial charge in [-0.3, -0.25) is 9.79 Å². The number of benzene rings is 1. The van der Waals surface area contributed by atoms with Crippen molar-refractivity contribution in [1.29, 1.82) is 0 Å². The van der Waals surface area contributed by atoms with E-state index in [0.717, 1.165) is 10.6 Å². The van der Waals surface area contributed by atoms with Gasteiger partial charge in [0.15, 0.2) is 5.49 Å². The molecule has 4 rings (SSSR count). The first-order chi connectivity index (χ1) is 14.5. The smallest absolute Gasteiger partial charge is 0.335 e. The van der Waals surface area contributed by atoms with E-state index in [0.29, 0.717) is 16.5 Å². The molecule has 0 saturated heterocycles. The van der Waals surface area contributed by atoms with Gasteiger partial charge in [0.1, 0.15) is 5.54 Å². The second-order valence-corrected chi connectivity index (χ2v) is 7.77. The van der Waals surface area contributed by atoms with Crippen LogP contribution >= 0.6 is 0 Å². The van der Waals surface area contributed by atoms with Gasteiger partial charge >= 0.3 is 6.18 Å². The highest BCUT2D eigenvalue weighted by atomic mass is 19.4. The number of pyridine rings is 1. The Labute approximate surface area is 173 Å². The number of hydrogen-bond acceptors (Lipinski definition) is 3. The van der Waals surface area contributed by atoms with Gasteiger partial charge in [-0.25, -0.2) is 13.8 Å². The molecule has 164 valence electrons. The quantitative estimate of drug-likeness (QED) is 0.580. The zero-order valence-corrected chi connectivity index (χ0v) is 16.7. The van der Waals surface area contributed by atoms with Crippen LogP contribution in [0.3, 0.4) is 0 Å². The van der Waals surface area contributed by atoms with Crippen molar-refractivity contribution < 1.29 is 22.0 Å². The van der Waals surface area contributed by atoms with Gasteiger partial charge in [0.05, 0.1) is 29.3 Å². The van der Waals surface area contributed by atoms with Gasteiger partial charge in [0.2, 0.25) is 0 Å². The van der Waals surface area contributed by atoms with Crippen LogP contribution in [-0.2, 0) is 25.3 Å². The maximum Gasteiger partial charge on any atom is 0.416 e. The van der Waals surface area contributed by atoms with Gasteiger partial charge in [-0.15, -0.1) is 0 Å². The molecule has 2 heterocycles. The predicted molar refractivity (Wildman–Crippen MR) is 104 cm³/mol. The van der Waals surface area contributed by atoms with E-state index in [1.165, 1.54) is 31.6 Å². The summed E-state index contributed by atoms with van der Waals surface area (Å²) in [4.78, 5) is 21.1. The van der Waals surface area contributed by atoms with Crippen molar-refractivity contribution in [3.05, 3.63) is 69.3 Å². The Kier molecular flexibility index (Phi) is 4.98. The van der Waals surface area contributed by atoms with Gasteiger partial charge in [-0.05, 0) is 37.0 Å². The van der Waals surface area contributed by atoms with Crippen molar-refractivity contribution in [2.24, 2.45) is 12.0 Å². The molecule has 1 fully saturated rings. The van der Waals surface area contributed by atoms with Gasteiger partial charge < -0.3 is 9.13 Å². The normalized spacial score (nSPS) is 16.3. The Bertz CT molecular complexity index is 1290. The number of aryl methyl sites for hydroxylation is 1. The maximum atomic E-state index is 13.6. The second kappa shape index (κ2) is 7.28. The SMILES string of the molecule is Cc1c(CN=c2ncn(C)c3cc(=O)n(C4(C(F)F)CC4)cc23)cccc1C(F)(F)F. The van der Waals surface area contributed by atoms with E-state index in [4.69, 9.17) is 0 Å².